The maximum absolute atomic E-state index is 14.7. The lowest BCUT2D eigenvalue weighted by molar-refractivity contribution is 0.0691. The van der Waals surface area contributed by atoms with Gasteiger partial charge < -0.3 is 9.52 Å². The van der Waals surface area contributed by atoms with Gasteiger partial charge in [0.05, 0.1) is 5.56 Å². The molecule has 9 nitrogen and oxygen atoms in total. The summed E-state index contributed by atoms with van der Waals surface area (Å²) in [6.07, 6.45) is 0. The van der Waals surface area contributed by atoms with Crippen molar-refractivity contribution in [1.82, 2.24) is 14.9 Å². The second kappa shape index (κ2) is 9.04. The maximum Gasteiger partial charge on any atom is 0.434 e. The SMILES string of the molecule is Cc1ccc(F)c([C@@H](C)[C@H](NS(=O)(=O)c2c(F)cc(Cl)cc2C(=O)O)c2n[nH]c(=O)o2)c1C. The molecule has 0 bridgehead atoms. The van der Waals surface area contributed by atoms with Crippen LogP contribution in [0.1, 0.15) is 51.8 Å². The highest BCUT2D eigenvalue weighted by molar-refractivity contribution is 7.89. The number of aryl methyl sites for hydroxylation is 1. The number of sulfonamides is 1. The number of H-pyrrole nitrogens is 1. The van der Waals surface area contributed by atoms with Crippen molar-refractivity contribution in [3.05, 3.63) is 79.6 Å². The molecule has 1 aromatic heterocycles. The van der Waals surface area contributed by atoms with Crippen molar-refractivity contribution in [3.63, 3.8) is 0 Å². The number of hydrogen-bond acceptors (Lipinski definition) is 6. The van der Waals surface area contributed by atoms with Crippen molar-refractivity contribution >= 4 is 27.6 Å². The number of nitrogens with one attached hydrogen (secondary N) is 2. The number of aromatic amines is 1. The van der Waals surface area contributed by atoms with Crippen molar-refractivity contribution in [2.45, 2.75) is 37.6 Å². The van der Waals surface area contributed by atoms with Gasteiger partial charge in [-0.05, 0) is 48.7 Å². The molecule has 0 unspecified atom stereocenters. The first-order valence-corrected chi connectivity index (χ1v) is 11.2. The first kappa shape index (κ1) is 24.6. The number of halogens is 3. The van der Waals surface area contributed by atoms with Gasteiger partial charge in [-0.25, -0.2) is 31.9 Å². The van der Waals surface area contributed by atoms with E-state index >= 15 is 0 Å². The van der Waals surface area contributed by atoms with Gasteiger partial charge in [0.25, 0.3) is 0 Å². The Morgan fingerprint density at radius 1 is 1.24 bits per heavy atom. The van der Waals surface area contributed by atoms with Crippen LogP contribution in [0.3, 0.4) is 0 Å². The zero-order valence-electron chi connectivity index (χ0n) is 17.4. The average molecular weight is 502 g/mol. The van der Waals surface area contributed by atoms with Gasteiger partial charge in [0.2, 0.25) is 15.9 Å². The number of carboxylic acids is 1. The molecule has 0 fully saturated rings. The van der Waals surface area contributed by atoms with Crippen molar-refractivity contribution in [2.24, 2.45) is 0 Å². The Labute approximate surface area is 191 Å². The molecule has 0 saturated carbocycles. The van der Waals surface area contributed by atoms with Gasteiger partial charge >= 0.3 is 11.7 Å². The summed E-state index contributed by atoms with van der Waals surface area (Å²) in [4.78, 5) is 21.9. The van der Waals surface area contributed by atoms with E-state index in [9.17, 15) is 31.9 Å². The molecule has 0 aliphatic heterocycles. The van der Waals surface area contributed by atoms with Crippen LogP contribution in [0.4, 0.5) is 8.78 Å². The number of hydrogen-bond donors (Lipinski definition) is 3. The fraction of sp³-hybridized carbons (Fsp3) is 0.250. The van der Waals surface area contributed by atoms with Gasteiger partial charge in [0.1, 0.15) is 22.6 Å². The van der Waals surface area contributed by atoms with Gasteiger partial charge in [0.15, 0.2) is 0 Å². The third-order valence-corrected chi connectivity index (χ3v) is 6.93. The van der Waals surface area contributed by atoms with Crippen LogP contribution in [0.2, 0.25) is 5.02 Å². The Morgan fingerprint density at radius 3 is 2.48 bits per heavy atom. The van der Waals surface area contributed by atoms with Crippen molar-refractivity contribution in [2.75, 3.05) is 0 Å². The normalized spacial score (nSPS) is 13.6. The molecule has 0 aliphatic carbocycles. The molecule has 0 radical (unpaired) electrons. The topological polar surface area (TPSA) is 142 Å². The molecule has 0 spiro atoms. The summed E-state index contributed by atoms with van der Waals surface area (Å²) in [7, 11) is -4.91. The van der Waals surface area contributed by atoms with E-state index in [0.717, 1.165) is 6.07 Å². The van der Waals surface area contributed by atoms with Gasteiger partial charge in [-0.15, -0.1) is 5.10 Å². The molecule has 33 heavy (non-hydrogen) atoms. The number of aromatic carboxylic acids is 1. The van der Waals surface area contributed by atoms with E-state index in [1.54, 1.807) is 13.8 Å². The molecule has 0 amide bonds. The minimum absolute atomic E-state index is 0.100. The molecule has 0 aliphatic rings. The Balaban J connectivity index is 2.19. The lowest BCUT2D eigenvalue weighted by atomic mass is 9.88. The summed E-state index contributed by atoms with van der Waals surface area (Å²) in [5, 5.41) is 14.7. The van der Waals surface area contributed by atoms with Gasteiger partial charge in [0, 0.05) is 10.9 Å². The minimum Gasteiger partial charge on any atom is -0.478 e. The Kier molecular flexibility index (Phi) is 6.73. The summed E-state index contributed by atoms with van der Waals surface area (Å²) < 4.78 is 62.7. The van der Waals surface area contributed by atoms with E-state index in [4.69, 9.17) is 16.0 Å². The predicted octanol–water partition coefficient (Wildman–Crippen LogP) is 3.43. The molecule has 176 valence electrons. The number of nitrogens with zero attached hydrogens (tertiary/aromatic N) is 1. The van der Waals surface area contributed by atoms with Crippen molar-refractivity contribution in [3.8, 4) is 0 Å². The smallest absolute Gasteiger partial charge is 0.434 e. The highest BCUT2D eigenvalue weighted by Gasteiger charge is 2.36. The van der Waals surface area contributed by atoms with Gasteiger partial charge in [-0.1, -0.05) is 24.6 Å². The fourth-order valence-corrected chi connectivity index (χ4v) is 5.20. The molecule has 13 heteroatoms. The van der Waals surface area contributed by atoms with Crippen LogP contribution in [0.5, 0.6) is 0 Å². The first-order chi connectivity index (χ1) is 15.3. The lowest BCUT2D eigenvalue weighted by Crippen LogP contribution is -2.34. The van der Waals surface area contributed by atoms with Crippen molar-refractivity contribution < 1.29 is 31.5 Å². The third-order valence-electron chi connectivity index (χ3n) is 5.20. The third kappa shape index (κ3) is 4.82. The Hall–Kier alpha value is -3.09. The van der Waals surface area contributed by atoms with Crippen LogP contribution < -0.4 is 10.5 Å². The highest BCUT2D eigenvalue weighted by Crippen LogP contribution is 2.36. The minimum atomic E-state index is -4.91. The number of carbonyl (C=O) groups is 1. The quantitative estimate of drug-likeness (QED) is 0.450. The van der Waals surface area contributed by atoms with E-state index in [0.29, 0.717) is 17.2 Å². The number of benzene rings is 2. The van der Waals surface area contributed by atoms with E-state index in [1.807, 2.05) is 5.10 Å². The van der Waals surface area contributed by atoms with E-state index in [2.05, 4.69) is 9.82 Å². The Morgan fingerprint density at radius 2 is 1.91 bits per heavy atom. The van der Waals surface area contributed by atoms with Crippen LogP contribution in [0.15, 0.2) is 38.4 Å². The molecule has 3 aromatic rings. The van der Waals surface area contributed by atoms with Crippen LogP contribution >= 0.6 is 11.6 Å². The number of rotatable bonds is 7. The molecule has 1 heterocycles. The molecular weight excluding hydrogens is 484 g/mol. The molecular formula is C20H18ClF2N3O6S. The Bertz CT molecular complexity index is 1400. The summed E-state index contributed by atoms with van der Waals surface area (Å²) >= 11 is 5.68. The standard InChI is InChI=1S/C20H18ClF2N3O6S/c1-8-4-5-13(22)15(9(8)2)10(3)16(18-24-25-20(29)32-18)26-33(30,31)17-12(19(27)28)6-11(21)7-14(17)23/h4-7,10,16,26H,1-3H3,(H,25,29)(H,27,28)/t10-,16+/m1/s1. The highest BCUT2D eigenvalue weighted by atomic mass is 35.5. The monoisotopic (exact) mass is 501 g/mol. The zero-order valence-corrected chi connectivity index (χ0v) is 19.0. The summed E-state index contributed by atoms with van der Waals surface area (Å²) in [6, 6.07) is 2.64. The van der Waals surface area contributed by atoms with Crippen LogP contribution in [-0.2, 0) is 10.0 Å². The molecule has 2 atom stereocenters. The van der Waals surface area contributed by atoms with E-state index in [1.165, 1.54) is 19.1 Å². The fourth-order valence-electron chi connectivity index (χ4n) is 3.49. The van der Waals surface area contributed by atoms with E-state index in [-0.39, 0.29) is 10.6 Å². The molecule has 2 aromatic carbocycles. The van der Waals surface area contributed by atoms with Crippen LogP contribution in [-0.4, -0.2) is 29.7 Å². The van der Waals surface area contributed by atoms with E-state index < -0.39 is 61.7 Å². The van der Waals surface area contributed by atoms with Crippen molar-refractivity contribution in [1.29, 1.82) is 0 Å². The molecule has 3 N–H and O–H groups in total. The van der Waals surface area contributed by atoms with Gasteiger partial charge in [-0.2, -0.15) is 4.72 Å². The summed E-state index contributed by atoms with van der Waals surface area (Å²) in [6.45, 7) is 4.79. The second-order valence-electron chi connectivity index (χ2n) is 7.31. The first-order valence-electron chi connectivity index (χ1n) is 9.39. The number of carboxylic acid groups (broad SMARTS) is 1. The lowest BCUT2D eigenvalue weighted by Gasteiger charge is -2.25. The predicted molar refractivity (Wildman–Crippen MR) is 113 cm³/mol. The molecule has 3 rings (SSSR count). The second-order valence-corrected chi connectivity index (χ2v) is 9.40. The average Bonchev–Trinajstić information content (AvgIpc) is 3.14. The van der Waals surface area contributed by atoms with Crippen LogP contribution in [0, 0.1) is 25.5 Å². The van der Waals surface area contributed by atoms with Gasteiger partial charge in [-0.3, -0.25) is 0 Å². The molecule has 0 saturated heterocycles. The zero-order chi connectivity index (χ0) is 24.7. The summed E-state index contributed by atoms with van der Waals surface area (Å²) in [5.74, 6) is -6.30. The summed E-state index contributed by atoms with van der Waals surface area (Å²) in [5.41, 5.74) is 0.400. The van der Waals surface area contributed by atoms with Crippen LogP contribution in [0.25, 0.3) is 0 Å². The number of aromatic nitrogens is 2. The largest absolute Gasteiger partial charge is 0.478 e. The maximum atomic E-state index is 14.7.